The van der Waals surface area contributed by atoms with Crippen LogP contribution < -0.4 is 5.73 Å². The molecule has 0 bridgehead atoms. The average Bonchev–Trinajstić information content (AvgIpc) is 2.42. The third kappa shape index (κ3) is 4.14. The molecule has 21 heavy (non-hydrogen) atoms. The summed E-state index contributed by atoms with van der Waals surface area (Å²) in [5.74, 6) is -0.860. The Hall–Kier alpha value is -1.69. The SMILES string of the molecule is COCCN(CCC#N)S(=O)(=O)c1cc(N)c(C)cc1F. The van der Waals surface area contributed by atoms with Gasteiger partial charge in [0.1, 0.15) is 10.7 Å². The lowest BCUT2D eigenvalue weighted by Crippen LogP contribution is -2.35. The maximum atomic E-state index is 14.0. The van der Waals surface area contributed by atoms with E-state index in [4.69, 9.17) is 15.7 Å². The van der Waals surface area contributed by atoms with Gasteiger partial charge >= 0.3 is 0 Å². The molecule has 0 saturated heterocycles. The molecule has 1 aromatic carbocycles. The second kappa shape index (κ2) is 7.36. The van der Waals surface area contributed by atoms with E-state index in [0.29, 0.717) is 5.56 Å². The van der Waals surface area contributed by atoms with Crippen molar-refractivity contribution in [1.29, 1.82) is 5.26 Å². The molecule has 1 rings (SSSR count). The Labute approximate surface area is 124 Å². The van der Waals surface area contributed by atoms with Gasteiger partial charge in [-0.05, 0) is 24.6 Å². The first kappa shape index (κ1) is 17.4. The summed E-state index contributed by atoms with van der Waals surface area (Å²) in [7, 11) is -2.64. The molecule has 0 aliphatic rings. The normalized spacial score (nSPS) is 11.6. The van der Waals surface area contributed by atoms with Crippen molar-refractivity contribution in [3.05, 3.63) is 23.5 Å². The Morgan fingerprint density at radius 3 is 2.67 bits per heavy atom. The van der Waals surface area contributed by atoms with Crippen molar-refractivity contribution in [3.8, 4) is 6.07 Å². The second-order valence-electron chi connectivity index (χ2n) is 4.44. The van der Waals surface area contributed by atoms with Gasteiger partial charge in [-0.2, -0.15) is 9.57 Å². The van der Waals surface area contributed by atoms with Crippen molar-refractivity contribution in [2.24, 2.45) is 0 Å². The third-order valence-corrected chi connectivity index (χ3v) is 4.87. The summed E-state index contributed by atoms with van der Waals surface area (Å²) in [5, 5.41) is 8.62. The number of methoxy groups -OCH3 is 1. The van der Waals surface area contributed by atoms with Gasteiger partial charge in [0.05, 0.1) is 12.7 Å². The van der Waals surface area contributed by atoms with Crippen molar-refractivity contribution in [1.82, 2.24) is 4.31 Å². The maximum absolute atomic E-state index is 14.0. The van der Waals surface area contributed by atoms with Gasteiger partial charge in [-0.3, -0.25) is 0 Å². The predicted octanol–water partition coefficient (Wildman–Crippen LogP) is 1.27. The van der Waals surface area contributed by atoms with E-state index >= 15 is 0 Å². The zero-order valence-electron chi connectivity index (χ0n) is 12.0. The Kier molecular flexibility index (Phi) is 6.08. The molecule has 0 unspecified atom stereocenters. The molecular weight excluding hydrogens is 297 g/mol. The molecule has 0 aliphatic carbocycles. The fourth-order valence-electron chi connectivity index (χ4n) is 1.73. The van der Waals surface area contributed by atoms with Crippen LogP contribution in [0.25, 0.3) is 0 Å². The molecule has 0 radical (unpaired) electrons. The molecule has 0 heterocycles. The fraction of sp³-hybridized carbons (Fsp3) is 0.462. The average molecular weight is 315 g/mol. The summed E-state index contributed by atoms with van der Waals surface area (Å²) >= 11 is 0. The molecule has 0 atom stereocenters. The molecule has 0 spiro atoms. The minimum absolute atomic E-state index is 0.00586. The van der Waals surface area contributed by atoms with E-state index in [1.807, 2.05) is 6.07 Å². The van der Waals surface area contributed by atoms with Gasteiger partial charge in [0, 0.05) is 32.3 Å². The van der Waals surface area contributed by atoms with E-state index in [1.165, 1.54) is 7.11 Å². The van der Waals surface area contributed by atoms with E-state index in [1.54, 1.807) is 6.92 Å². The molecule has 0 fully saturated rings. The fourth-order valence-corrected chi connectivity index (χ4v) is 3.23. The highest BCUT2D eigenvalue weighted by atomic mass is 32.2. The maximum Gasteiger partial charge on any atom is 0.246 e. The molecule has 1 aromatic rings. The summed E-state index contributed by atoms with van der Waals surface area (Å²) in [6.07, 6.45) is 0.00586. The van der Waals surface area contributed by atoms with Gasteiger partial charge in [0.15, 0.2) is 0 Å². The number of ether oxygens (including phenoxy) is 1. The van der Waals surface area contributed by atoms with Crippen LogP contribution in [0.2, 0.25) is 0 Å². The van der Waals surface area contributed by atoms with Crippen LogP contribution >= 0.6 is 0 Å². The van der Waals surface area contributed by atoms with Crippen molar-refractivity contribution in [2.45, 2.75) is 18.2 Å². The highest BCUT2D eigenvalue weighted by Crippen LogP contribution is 2.24. The van der Waals surface area contributed by atoms with Gasteiger partial charge < -0.3 is 10.5 Å². The number of anilines is 1. The Balaban J connectivity index is 3.22. The summed E-state index contributed by atoms with van der Waals surface area (Å²) in [4.78, 5) is -0.486. The predicted molar refractivity (Wildman–Crippen MR) is 76.4 cm³/mol. The molecule has 0 amide bonds. The summed E-state index contributed by atoms with van der Waals surface area (Å²) < 4.78 is 44.8. The number of halogens is 1. The number of nitrogen functional groups attached to an aromatic ring is 1. The quantitative estimate of drug-likeness (QED) is 0.764. The third-order valence-electron chi connectivity index (χ3n) is 2.96. The van der Waals surface area contributed by atoms with Crippen molar-refractivity contribution in [2.75, 3.05) is 32.5 Å². The lowest BCUT2D eigenvalue weighted by Gasteiger charge is -2.21. The first-order valence-electron chi connectivity index (χ1n) is 6.26. The smallest absolute Gasteiger partial charge is 0.246 e. The molecule has 6 nitrogen and oxygen atoms in total. The Bertz CT molecular complexity index is 641. The van der Waals surface area contributed by atoms with Crippen LogP contribution in [0.4, 0.5) is 10.1 Å². The van der Waals surface area contributed by atoms with E-state index in [2.05, 4.69) is 0 Å². The van der Waals surface area contributed by atoms with Crippen LogP contribution in [-0.2, 0) is 14.8 Å². The second-order valence-corrected chi connectivity index (χ2v) is 6.35. The first-order chi connectivity index (χ1) is 9.84. The number of aryl methyl sites for hydroxylation is 1. The van der Waals surface area contributed by atoms with Gasteiger partial charge in [-0.25, -0.2) is 12.8 Å². The molecule has 116 valence electrons. The van der Waals surface area contributed by atoms with Crippen LogP contribution in [0.15, 0.2) is 17.0 Å². The van der Waals surface area contributed by atoms with Gasteiger partial charge in [-0.1, -0.05) is 0 Å². The number of hydrogen-bond donors (Lipinski definition) is 1. The van der Waals surface area contributed by atoms with Gasteiger partial charge in [0.2, 0.25) is 10.0 Å². The molecule has 0 aliphatic heterocycles. The van der Waals surface area contributed by atoms with Crippen LogP contribution in [0.1, 0.15) is 12.0 Å². The van der Waals surface area contributed by atoms with Gasteiger partial charge in [-0.15, -0.1) is 0 Å². The topological polar surface area (TPSA) is 96.4 Å². The van der Waals surface area contributed by atoms with Crippen LogP contribution in [0.3, 0.4) is 0 Å². The van der Waals surface area contributed by atoms with E-state index in [-0.39, 0.29) is 31.8 Å². The molecular formula is C13H18FN3O3S. The van der Waals surface area contributed by atoms with E-state index in [9.17, 15) is 12.8 Å². The Morgan fingerprint density at radius 1 is 1.43 bits per heavy atom. The standard InChI is InChI=1S/C13H18FN3O3S/c1-10-8-11(14)13(9-12(10)16)21(18,19)17(5-3-4-15)6-7-20-2/h8-9H,3,5-7,16H2,1-2H3. The number of nitriles is 1. The zero-order valence-corrected chi connectivity index (χ0v) is 12.8. The minimum atomic E-state index is -4.07. The van der Waals surface area contributed by atoms with Crippen molar-refractivity contribution in [3.63, 3.8) is 0 Å². The number of sulfonamides is 1. The summed E-state index contributed by atoms with van der Waals surface area (Å²) in [6, 6.07) is 4.06. The minimum Gasteiger partial charge on any atom is -0.398 e. The van der Waals surface area contributed by atoms with E-state index in [0.717, 1.165) is 16.4 Å². The molecule has 0 saturated carbocycles. The van der Waals surface area contributed by atoms with Crippen LogP contribution in [0.5, 0.6) is 0 Å². The first-order valence-corrected chi connectivity index (χ1v) is 7.70. The number of benzene rings is 1. The van der Waals surface area contributed by atoms with Crippen molar-refractivity contribution < 1.29 is 17.5 Å². The van der Waals surface area contributed by atoms with E-state index < -0.39 is 20.7 Å². The zero-order chi connectivity index (χ0) is 16.0. The highest BCUT2D eigenvalue weighted by Gasteiger charge is 2.27. The molecule has 8 heteroatoms. The number of nitrogens with two attached hydrogens (primary N) is 1. The highest BCUT2D eigenvalue weighted by molar-refractivity contribution is 7.89. The van der Waals surface area contributed by atoms with Crippen LogP contribution in [0, 0.1) is 24.1 Å². The molecule has 0 aromatic heterocycles. The lowest BCUT2D eigenvalue weighted by molar-refractivity contribution is 0.179. The molecule has 2 N–H and O–H groups in total. The summed E-state index contributed by atoms with van der Waals surface area (Å²) in [6.45, 7) is 1.74. The number of nitrogens with zero attached hydrogens (tertiary/aromatic N) is 2. The Morgan fingerprint density at radius 2 is 2.10 bits per heavy atom. The lowest BCUT2D eigenvalue weighted by atomic mass is 10.2. The largest absolute Gasteiger partial charge is 0.398 e. The summed E-state index contributed by atoms with van der Waals surface area (Å²) in [5.41, 5.74) is 6.32. The van der Waals surface area contributed by atoms with Crippen LogP contribution in [-0.4, -0.2) is 39.5 Å². The number of rotatable bonds is 7. The van der Waals surface area contributed by atoms with Gasteiger partial charge in [0.25, 0.3) is 0 Å². The van der Waals surface area contributed by atoms with Crippen molar-refractivity contribution >= 4 is 15.7 Å². The monoisotopic (exact) mass is 315 g/mol. The number of hydrogen-bond acceptors (Lipinski definition) is 5.